The average molecular weight is 422 g/mol. The zero-order valence-electron chi connectivity index (χ0n) is 13.8. The number of carbonyl (C=O) groups excluding carboxylic acids is 3. The molecular formula is C18H13Cl2N3O3S. The molecule has 9 heteroatoms. The maximum atomic E-state index is 12.4. The molecule has 0 spiro atoms. The molecular weight excluding hydrogens is 409 g/mol. The van der Waals surface area contributed by atoms with Gasteiger partial charge in [0.05, 0.1) is 15.0 Å². The number of halogens is 2. The quantitative estimate of drug-likeness (QED) is 0.741. The summed E-state index contributed by atoms with van der Waals surface area (Å²) in [4.78, 5) is 41.8. The highest BCUT2D eigenvalue weighted by atomic mass is 35.5. The Morgan fingerprint density at radius 1 is 1.19 bits per heavy atom. The van der Waals surface area contributed by atoms with Gasteiger partial charge in [-0.25, -0.2) is 0 Å². The van der Waals surface area contributed by atoms with E-state index in [1.807, 2.05) is 0 Å². The van der Waals surface area contributed by atoms with Crippen LogP contribution in [-0.2, 0) is 4.79 Å². The standard InChI is InChI=1S/C18H13Cl2N3O3S/c19-12-5-4-11(9-13(12)20)10-15-17(25)23(18(26)27-15)8-7-22-16(24)14-3-1-2-6-21-14/h1-6,9-10H,7-8H2,(H,22,24). The Labute approximate surface area is 169 Å². The van der Waals surface area contributed by atoms with Crippen molar-refractivity contribution in [3.05, 3.63) is 68.8 Å². The van der Waals surface area contributed by atoms with E-state index in [1.165, 1.54) is 6.20 Å². The first-order valence-corrected chi connectivity index (χ1v) is 9.42. The van der Waals surface area contributed by atoms with Crippen LogP contribution >= 0.6 is 35.0 Å². The van der Waals surface area contributed by atoms with Crippen LogP contribution in [-0.4, -0.2) is 40.0 Å². The Balaban J connectivity index is 1.61. The van der Waals surface area contributed by atoms with Gasteiger partial charge in [-0.15, -0.1) is 0 Å². The number of thioether (sulfide) groups is 1. The van der Waals surface area contributed by atoms with Crippen molar-refractivity contribution in [3.63, 3.8) is 0 Å². The molecule has 0 saturated carbocycles. The van der Waals surface area contributed by atoms with Gasteiger partial charge in [0.15, 0.2) is 0 Å². The van der Waals surface area contributed by atoms with Gasteiger partial charge < -0.3 is 5.32 Å². The molecule has 0 bridgehead atoms. The van der Waals surface area contributed by atoms with Gasteiger partial charge in [0.25, 0.3) is 17.1 Å². The monoisotopic (exact) mass is 421 g/mol. The summed E-state index contributed by atoms with van der Waals surface area (Å²) in [6, 6.07) is 9.92. The molecule has 6 nitrogen and oxygen atoms in total. The van der Waals surface area contributed by atoms with Crippen LogP contribution in [0.25, 0.3) is 6.08 Å². The highest BCUT2D eigenvalue weighted by Crippen LogP contribution is 2.33. The molecule has 2 heterocycles. The number of nitrogens with zero attached hydrogens (tertiary/aromatic N) is 2. The molecule has 3 rings (SSSR count). The van der Waals surface area contributed by atoms with Crippen molar-refractivity contribution >= 4 is 58.1 Å². The highest BCUT2D eigenvalue weighted by molar-refractivity contribution is 8.18. The second kappa shape index (κ2) is 8.56. The first kappa shape index (κ1) is 19.4. The number of hydrogen-bond acceptors (Lipinski definition) is 5. The first-order chi connectivity index (χ1) is 13.0. The van der Waals surface area contributed by atoms with E-state index in [0.717, 1.165) is 16.7 Å². The van der Waals surface area contributed by atoms with Gasteiger partial charge in [0.1, 0.15) is 5.69 Å². The lowest BCUT2D eigenvalue weighted by Gasteiger charge is -2.12. The zero-order valence-corrected chi connectivity index (χ0v) is 16.1. The minimum Gasteiger partial charge on any atom is -0.349 e. The Morgan fingerprint density at radius 3 is 2.70 bits per heavy atom. The molecule has 1 saturated heterocycles. The van der Waals surface area contributed by atoms with E-state index < -0.39 is 11.1 Å². The minimum absolute atomic E-state index is 0.0714. The topological polar surface area (TPSA) is 79.4 Å². The second-order valence-electron chi connectivity index (χ2n) is 5.48. The predicted octanol–water partition coefficient (Wildman–Crippen LogP) is 3.85. The molecule has 0 radical (unpaired) electrons. The molecule has 138 valence electrons. The molecule has 1 N–H and O–H groups in total. The number of rotatable bonds is 5. The molecule has 1 aromatic heterocycles. The first-order valence-electron chi connectivity index (χ1n) is 7.85. The Bertz CT molecular complexity index is 935. The molecule has 1 aromatic carbocycles. The molecule has 0 aliphatic carbocycles. The van der Waals surface area contributed by atoms with Crippen molar-refractivity contribution in [3.8, 4) is 0 Å². The summed E-state index contributed by atoms with van der Waals surface area (Å²) >= 11 is 12.7. The SMILES string of the molecule is O=C(NCCN1C(=O)SC(=Cc2ccc(Cl)c(Cl)c2)C1=O)c1ccccn1. The van der Waals surface area contributed by atoms with Crippen LogP contribution in [0.3, 0.4) is 0 Å². The van der Waals surface area contributed by atoms with Crippen molar-refractivity contribution in [2.24, 2.45) is 0 Å². The van der Waals surface area contributed by atoms with E-state index in [4.69, 9.17) is 23.2 Å². The number of pyridine rings is 1. The second-order valence-corrected chi connectivity index (χ2v) is 7.29. The van der Waals surface area contributed by atoms with Gasteiger partial charge in [-0.2, -0.15) is 0 Å². The molecule has 0 atom stereocenters. The van der Waals surface area contributed by atoms with Crippen LogP contribution in [0.5, 0.6) is 0 Å². The zero-order chi connectivity index (χ0) is 19.4. The summed E-state index contributed by atoms with van der Waals surface area (Å²) < 4.78 is 0. The number of imide groups is 1. The van der Waals surface area contributed by atoms with Crippen molar-refractivity contribution in [1.29, 1.82) is 0 Å². The van der Waals surface area contributed by atoms with E-state index in [2.05, 4.69) is 10.3 Å². The van der Waals surface area contributed by atoms with Crippen molar-refractivity contribution in [2.75, 3.05) is 13.1 Å². The lowest BCUT2D eigenvalue weighted by atomic mass is 10.2. The Morgan fingerprint density at radius 2 is 2.00 bits per heavy atom. The van der Waals surface area contributed by atoms with Gasteiger partial charge in [0.2, 0.25) is 0 Å². The third-order valence-electron chi connectivity index (χ3n) is 3.63. The summed E-state index contributed by atoms with van der Waals surface area (Å²) in [6.45, 7) is 0.204. The third kappa shape index (κ3) is 4.68. The van der Waals surface area contributed by atoms with Crippen molar-refractivity contribution in [1.82, 2.24) is 15.2 Å². The van der Waals surface area contributed by atoms with Gasteiger partial charge >= 0.3 is 0 Å². The molecule has 0 unspecified atom stereocenters. The number of aromatic nitrogens is 1. The van der Waals surface area contributed by atoms with E-state index in [1.54, 1.807) is 42.5 Å². The van der Waals surface area contributed by atoms with Crippen molar-refractivity contribution in [2.45, 2.75) is 0 Å². The predicted molar refractivity (Wildman–Crippen MR) is 106 cm³/mol. The van der Waals surface area contributed by atoms with Gasteiger partial charge in [-0.05, 0) is 47.7 Å². The maximum Gasteiger partial charge on any atom is 0.293 e. The van der Waals surface area contributed by atoms with Crippen LogP contribution in [0.4, 0.5) is 4.79 Å². The molecule has 1 fully saturated rings. The molecule has 2 aromatic rings. The molecule has 3 amide bonds. The minimum atomic E-state index is -0.414. The molecule has 27 heavy (non-hydrogen) atoms. The third-order valence-corrected chi connectivity index (χ3v) is 5.28. The fourth-order valence-corrected chi connectivity index (χ4v) is 3.49. The lowest BCUT2D eigenvalue weighted by molar-refractivity contribution is -0.122. The van der Waals surface area contributed by atoms with E-state index in [-0.39, 0.29) is 29.6 Å². The lowest BCUT2D eigenvalue weighted by Crippen LogP contribution is -2.37. The van der Waals surface area contributed by atoms with Crippen LogP contribution in [0, 0.1) is 0 Å². The smallest absolute Gasteiger partial charge is 0.293 e. The van der Waals surface area contributed by atoms with Gasteiger partial charge in [-0.1, -0.05) is 35.3 Å². The van der Waals surface area contributed by atoms with Crippen LogP contribution in [0.2, 0.25) is 10.0 Å². The summed E-state index contributed by atoms with van der Waals surface area (Å²) in [5.74, 6) is -0.780. The molecule has 1 aliphatic heterocycles. The Hall–Kier alpha value is -2.35. The Kier molecular flexibility index (Phi) is 6.15. The normalized spacial score (nSPS) is 15.5. The summed E-state index contributed by atoms with van der Waals surface area (Å²) in [6.07, 6.45) is 3.10. The van der Waals surface area contributed by atoms with Crippen LogP contribution in [0.1, 0.15) is 16.1 Å². The van der Waals surface area contributed by atoms with E-state index in [0.29, 0.717) is 15.6 Å². The van der Waals surface area contributed by atoms with Crippen LogP contribution < -0.4 is 5.32 Å². The number of hydrogen-bond donors (Lipinski definition) is 1. The van der Waals surface area contributed by atoms with Crippen molar-refractivity contribution < 1.29 is 14.4 Å². The van der Waals surface area contributed by atoms with Gasteiger partial charge in [0, 0.05) is 19.3 Å². The fourth-order valence-electron chi connectivity index (χ4n) is 2.32. The largest absolute Gasteiger partial charge is 0.349 e. The number of nitrogens with one attached hydrogen (secondary N) is 1. The van der Waals surface area contributed by atoms with Crippen LogP contribution in [0.15, 0.2) is 47.5 Å². The van der Waals surface area contributed by atoms with E-state index >= 15 is 0 Å². The number of benzene rings is 1. The summed E-state index contributed by atoms with van der Waals surface area (Å²) in [7, 11) is 0. The fraction of sp³-hybridized carbons (Fsp3) is 0.111. The van der Waals surface area contributed by atoms with E-state index in [9.17, 15) is 14.4 Å². The highest BCUT2D eigenvalue weighted by Gasteiger charge is 2.34. The average Bonchev–Trinajstić information content (AvgIpc) is 2.92. The van der Waals surface area contributed by atoms with Gasteiger partial charge in [-0.3, -0.25) is 24.3 Å². The number of amides is 3. The molecule has 1 aliphatic rings. The summed E-state index contributed by atoms with van der Waals surface area (Å²) in [5, 5.41) is 3.02. The summed E-state index contributed by atoms with van der Waals surface area (Å²) in [5.41, 5.74) is 0.935. The maximum absolute atomic E-state index is 12.4. The number of carbonyl (C=O) groups is 3.